The van der Waals surface area contributed by atoms with E-state index < -0.39 is 5.82 Å². The molecule has 0 radical (unpaired) electrons. The molecule has 0 fully saturated rings. The van der Waals surface area contributed by atoms with Crippen LogP contribution in [0.2, 0.25) is 0 Å². The van der Waals surface area contributed by atoms with Crippen LogP contribution in [0.25, 0.3) is 0 Å². The van der Waals surface area contributed by atoms with Crippen LogP contribution in [0.1, 0.15) is 12.5 Å². The van der Waals surface area contributed by atoms with Crippen molar-refractivity contribution < 1.29 is 9.13 Å². The van der Waals surface area contributed by atoms with Crippen LogP contribution in [0.15, 0.2) is 41.3 Å². The molecule has 3 nitrogen and oxygen atoms in total. The van der Waals surface area contributed by atoms with Crippen molar-refractivity contribution in [3.63, 3.8) is 0 Å². The third kappa shape index (κ3) is 3.47. The summed E-state index contributed by atoms with van der Waals surface area (Å²) in [6.07, 6.45) is 1.91. The van der Waals surface area contributed by atoms with E-state index in [1.807, 2.05) is 18.4 Å². The number of thioether (sulfide) groups is 1. The molecule has 108 valence electrons. The van der Waals surface area contributed by atoms with Crippen LogP contribution in [0.3, 0.4) is 0 Å². The van der Waals surface area contributed by atoms with Gasteiger partial charge in [0.1, 0.15) is 6.07 Å². The lowest BCUT2D eigenvalue weighted by Gasteiger charge is -2.12. The van der Waals surface area contributed by atoms with E-state index in [0.29, 0.717) is 23.5 Å². The summed E-state index contributed by atoms with van der Waals surface area (Å²) in [4.78, 5) is 0.883. The number of benzene rings is 2. The average Bonchev–Trinajstić information content (AvgIpc) is 2.50. The number of anilines is 2. The van der Waals surface area contributed by atoms with Crippen LogP contribution in [0, 0.1) is 17.1 Å². The van der Waals surface area contributed by atoms with Crippen molar-refractivity contribution >= 4 is 23.1 Å². The molecule has 0 amide bonds. The van der Waals surface area contributed by atoms with Gasteiger partial charge in [-0.1, -0.05) is 6.07 Å². The number of nitriles is 1. The Labute approximate surface area is 127 Å². The monoisotopic (exact) mass is 302 g/mol. The Morgan fingerprint density at radius 3 is 2.76 bits per heavy atom. The lowest BCUT2D eigenvalue weighted by Crippen LogP contribution is -1.98. The lowest BCUT2D eigenvalue weighted by atomic mass is 10.2. The number of nitrogens with one attached hydrogen (secondary N) is 1. The average molecular weight is 302 g/mol. The SMILES string of the molecule is CCOc1ccc(Nc2cccc(SC)c2C#N)cc1F. The highest BCUT2D eigenvalue weighted by atomic mass is 32.2. The van der Waals surface area contributed by atoms with Gasteiger partial charge in [-0.05, 0) is 37.4 Å². The molecule has 0 unspecified atom stereocenters. The van der Waals surface area contributed by atoms with Crippen molar-refractivity contribution in [1.29, 1.82) is 5.26 Å². The van der Waals surface area contributed by atoms with Gasteiger partial charge in [-0.25, -0.2) is 4.39 Å². The molecule has 0 aromatic heterocycles. The number of hydrogen-bond acceptors (Lipinski definition) is 4. The van der Waals surface area contributed by atoms with Gasteiger partial charge in [0.05, 0.1) is 17.9 Å². The van der Waals surface area contributed by atoms with E-state index in [0.717, 1.165) is 4.90 Å². The molecule has 0 atom stereocenters. The smallest absolute Gasteiger partial charge is 0.167 e. The fourth-order valence-electron chi connectivity index (χ4n) is 1.93. The van der Waals surface area contributed by atoms with Gasteiger partial charge in [-0.2, -0.15) is 5.26 Å². The van der Waals surface area contributed by atoms with Crippen LogP contribution in [-0.4, -0.2) is 12.9 Å². The first-order valence-electron chi connectivity index (χ1n) is 6.46. The van der Waals surface area contributed by atoms with Gasteiger partial charge in [-0.15, -0.1) is 11.8 Å². The molecule has 0 aliphatic carbocycles. The first-order chi connectivity index (χ1) is 10.2. The van der Waals surface area contributed by atoms with E-state index in [1.165, 1.54) is 17.8 Å². The van der Waals surface area contributed by atoms with E-state index in [9.17, 15) is 9.65 Å². The quantitative estimate of drug-likeness (QED) is 0.822. The third-order valence-electron chi connectivity index (χ3n) is 2.87. The summed E-state index contributed by atoms with van der Waals surface area (Å²) in [5.41, 5.74) is 1.79. The van der Waals surface area contributed by atoms with Crippen LogP contribution in [0.4, 0.5) is 15.8 Å². The highest BCUT2D eigenvalue weighted by Gasteiger charge is 2.09. The van der Waals surface area contributed by atoms with Gasteiger partial charge in [-0.3, -0.25) is 0 Å². The van der Waals surface area contributed by atoms with E-state index in [1.54, 1.807) is 25.1 Å². The molecule has 2 aromatic carbocycles. The Hall–Kier alpha value is -2.19. The molecule has 2 rings (SSSR count). The molecule has 0 heterocycles. The second-order valence-corrected chi connectivity index (χ2v) is 5.05. The Morgan fingerprint density at radius 2 is 2.14 bits per heavy atom. The minimum atomic E-state index is -0.429. The third-order valence-corrected chi connectivity index (χ3v) is 3.65. The number of hydrogen-bond donors (Lipinski definition) is 1. The molecule has 0 bridgehead atoms. The first kappa shape index (κ1) is 15.2. The molecule has 0 aliphatic rings. The number of ether oxygens (including phenoxy) is 1. The zero-order valence-electron chi connectivity index (χ0n) is 11.8. The maximum absolute atomic E-state index is 13.8. The van der Waals surface area contributed by atoms with Gasteiger partial charge in [0.15, 0.2) is 11.6 Å². The fraction of sp³-hybridized carbons (Fsp3) is 0.188. The van der Waals surface area contributed by atoms with Crippen molar-refractivity contribution in [2.75, 3.05) is 18.2 Å². The summed E-state index contributed by atoms with van der Waals surface area (Å²) in [5.74, 6) is -0.206. The standard InChI is InChI=1S/C16H15FN2OS/c1-3-20-15-8-7-11(9-13(15)17)19-14-5-4-6-16(21-2)12(14)10-18/h4-9,19H,3H2,1-2H3. The van der Waals surface area contributed by atoms with Gasteiger partial charge in [0, 0.05) is 16.6 Å². The molecule has 1 N–H and O–H groups in total. The predicted molar refractivity (Wildman–Crippen MR) is 83.8 cm³/mol. The number of nitrogens with zero attached hydrogens (tertiary/aromatic N) is 1. The van der Waals surface area contributed by atoms with Crippen LogP contribution in [-0.2, 0) is 0 Å². The second-order valence-electron chi connectivity index (χ2n) is 4.20. The Bertz CT molecular complexity index is 682. The normalized spacial score (nSPS) is 10.0. The molecule has 0 saturated carbocycles. The lowest BCUT2D eigenvalue weighted by molar-refractivity contribution is 0.321. The highest BCUT2D eigenvalue weighted by molar-refractivity contribution is 7.98. The summed E-state index contributed by atoms with van der Waals surface area (Å²) in [5, 5.41) is 12.4. The van der Waals surface area contributed by atoms with Crippen molar-refractivity contribution in [3.05, 3.63) is 47.8 Å². The van der Waals surface area contributed by atoms with Gasteiger partial charge in [0.25, 0.3) is 0 Å². The summed E-state index contributed by atoms with van der Waals surface area (Å²) < 4.78 is 19.0. The van der Waals surface area contributed by atoms with E-state index in [-0.39, 0.29) is 5.75 Å². The van der Waals surface area contributed by atoms with E-state index >= 15 is 0 Å². The maximum atomic E-state index is 13.8. The predicted octanol–water partition coefficient (Wildman–Crippen LogP) is 4.56. The zero-order chi connectivity index (χ0) is 15.2. The van der Waals surface area contributed by atoms with Crippen LogP contribution in [0.5, 0.6) is 5.75 Å². The van der Waals surface area contributed by atoms with Gasteiger partial charge in [0.2, 0.25) is 0 Å². The molecule has 0 spiro atoms. The van der Waals surface area contributed by atoms with E-state index in [2.05, 4.69) is 11.4 Å². The fourth-order valence-corrected chi connectivity index (χ4v) is 2.50. The number of halogens is 1. The molecule has 0 saturated heterocycles. The van der Waals surface area contributed by atoms with Crippen molar-refractivity contribution in [3.8, 4) is 11.8 Å². The summed E-state index contributed by atoms with van der Waals surface area (Å²) in [7, 11) is 0. The molecular formula is C16H15FN2OS. The Balaban J connectivity index is 2.31. The van der Waals surface area contributed by atoms with E-state index in [4.69, 9.17) is 4.74 Å². The van der Waals surface area contributed by atoms with Crippen molar-refractivity contribution in [2.24, 2.45) is 0 Å². The topological polar surface area (TPSA) is 45.0 Å². The van der Waals surface area contributed by atoms with Gasteiger partial charge >= 0.3 is 0 Å². The van der Waals surface area contributed by atoms with Crippen molar-refractivity contribution in [2.45, 2.75) is 11.8 Å². The van der Waals surface area contributed by atoms with Crippen molar-refractivity contribution in [1.82, 2.24) is 0 Å². The Kier molecular flexibility index (Phi) is 5.07. The maximum Gasteiger partial charge on any atom is 0.167 e. The largest absolute Gasteiger partial charge is 0.491 e. The minimum absolute atomic E-state index is 0.224. The molecule has 5 heteroatoms. The van der Waals surface area contributed by atoms with Crippen LogP contribution >= 0.6 is 11.8 Å². The number of rotatable bonds is 5. The molecule has 0 aliphatic heterocycles. The first-order valence-corrected chi connectivity index (χ1v) is 7.68. The minimum Gasteiger partial charge on any atom is -0.491 e. The highest BCUT2D eigenvalue weighted by Crippen LogP contribution is 2.30. The second kappa shape index (κ2) is 7.00. The summed E-state index contributed by atoms with van der Waals surface area (Å²) in [6.45, 7) is 2.22. The van der Waals surface area contributed by atoms with Crippen LogP contribution < -0.4 is 10.1 Å². The molecular weight excluding hydrogens is 287 g/mol. The Morgan fingerprint density at radius 1 is 1.33 bits per heavy atom. The zero-order valence-corrected chi connectivity index (χ0v) is 12.6. The molecule has 2 aromatic rings. The summed E-state index contributed by atoms with van der Waals surface area (Å²) in [6, 6.07) is 12.4. The molecule has 21 heavy (non-hydrogen) atoms. The van der Waals surface area contributed by atoms with Gasteiger partial charge < -0.3 is 10.1 Å². The summed E-state index contributed by atoms with van der Waals surface area (Å²) >= 11 is 1.50.